The number of azide groups is 1. The van der Waals surface area contributed by atoms with Crippen LogP contribution < -0.4 is 34.1 Å². The Hall–Kier alpha value is -7.01. The number of fused-ring (bicyclic) bond motifs is 4. The molecule has 4 aromatic heterocycles. The van der Waals surface area contributed by atoms with Crippen molar-refractivity contribution in [2.24, 2.45) is 10.8 Å². The lowest BCUT2D eigenvalue weighted by Crippen LogP contribution is -2.34. The number of nitrogens with zero attached hydrogens (tertiary/aromatic N) is 3. The summed E-state index contributed by atoms with van der Waals surface area (Å²) < 4.78 is 19.9. The minimum atomic E-state index is -0.453. The Kier molecular flexibility index (Phi) is 24.5. The lowest BCUT2D eigenvalue weighted by atomic mass is 9.82. The Balaban J connectivity index is 0.000000140. The molecule has 18 nitrogen and oxygen atoms in total. The number of halogens is 1. The monoisotopic (exact) mass is 1220 g/mol. The van der Waals surface area contributed by atoms with Crippen LogP contribution in [0.2, 0.25) is 0 Å². The SMILES string of the molecule is NCCSc1ccc2[nH]c(=O)oc2c1.O=C1CCC(c2ccccc2)CC1.O=c1[nH]c2ccc(SCCCl)cc2o1.O=c1[nH]c2ccc(SCCNC3CCC(c4ccccc4)CC3)cc2o1.[N-]=[N+]=NCCSc1ccc2[nH]c(=O)oc2c1. The molecular formula is C60H64ClN9O9S4. The minimum absolute atomic E-state index is 0.394. The number of thioether (sulfide) groups is 4. The smallest absolute Gasteiger partial charge is 0.408 e. The van der Waals surface area contributed by atoms with Crippen LogP contribution in [0.15, 0.2) is 195 Å². The summed E-state index contributed by atoms with van der Waals surface area (Å²) in [5.74, 6) is 4.14. The fourth-order valence-corrected chi connectivity index (χ4v) is 12.6. The number of benzene rings is 6. The van der Waals surface area contributed by atoms with Gasteiger partial charge in [0.1, 0.15) is 5.78 Å². The summed E-state index contributed by atoms with van der Waals surface area (Å²) in [5.41, 5.74) is 21.6. The highest BCUT2D eigenvalue weighted by Crippen LogP contribution is 2.34. The predicted octanol–water partition coefficient (Wildman–Crippen LogP) is 13.6. The summed E-state index contributed by atoms with van der Waals surface area (Å²) in [7, 11) is 0. The van der Waals surface area contributed by atoms with Crippen LogP contribution in [-0.2, 0) is 4.79 Å². The van der Waals surface area contributed by atoms with E-state index in [0.717, 1.165) is 91.5 Å². The van der Waals surface area contributed by atoms with Crippen LogP contribution in [0.25, 0.3) is 54.8 Å². The quantitative estimate of drug-likeness (QED) is 0.0123. The van der Waals surface area contributed by atoms with Crippen molar-refractivity contribution in [3.63, 3.8) is 0 Å². The van der Waals surface area contributed by atoms with Gasteiger partial charge in [-0.3, -0.25) is 24.7 Å². The van der Waals surface area contributed by atoms with Gasteiger partial charge in [-0.15, -0.1) is 58.6 Å². The van der Waals surface area contributed by atoms with Crippen LogP contribution >= 0.6 is 58.6 Å². The number of oxazole rings is 4. The Morgan fingerprint density at radius 3 is 1.30 bits per heavy atom. The normalized spacial score (nSPS) is 15.0. The number of ketones is 1. The fourth-order valence-electron chi connectivity index (χ4n) is 9.43. The molecule has 2 saturated carbocycles. The van der Waals surface area contributed by atoms with Crippen LogP contribution in [0, 0.1) is 0 Å². The van der Waals surface area contributed by atoms with E-state index in [1.54, 1.807) is 59.2 Å². The molecule has 10 aromatic rings. The molecule has 6 aromatic carbocycles. The van der Waals surface area contributed by atoms with Crippen LogP contribution in [-0.4, -0.2) is 80.3 Å². The van der Waals surface area contributed by atoms with Crippen LogP contribution in [0.3, 0.4) is 0 Å². The Morgan fingerprint density at radius 2 is 0.904 bits per heavy atom. The first-order valence-electron chi connectivity index (χ1n) is 27.2. The van der Waals surface area contributed by atoms with Gasteiger partial charge in [0, 0.05) is 91.9 Å². The summed E-state index contributed by atoms with van der Waals surface area (Å²) in [5, 5.41) is 7.14. The number of carbonyl (C=O) groups is 1. The average Bonchev–Trinajstić information content (AvgIpc) is 4.42. The highest BCUT2D eigenvalue weighted by atomic mass is 35.5. The third-order valence-corrected chi connectivity index (χ3v) is 17.8. The van der Waals surface area contributed by atoms with Gasteiger partial charge < -0.3 is 28.7 Å². The van der Waals surface area contributed by atoms with E-state index in [1.165, 1.54) is 36.8 Å². The number of nitrogens with one attached hydrogen (secondary N) is 5. The first-order chi connectivity index (χ1) is 40.5. The zero-order valence-corrected chi connectivity index (χ0v) is 49.4. The molecule has 0 unspecified atom stereocenters. The maximum atomic E-state index is 11.2. The number of H-pyrrole nitrogens is 4. The predicted molar refractivity (Wildman–Crippen MR) is 336 cm³/mol. The molecule has 0 atom stereocenters. The molecule has 434 valence electrons. The second kappa shape index (κ2) is 32.7. The van der Waals surface area contributed by atoms with E-state index in [9.17, 15) is 24.0 Å². The summed E-state index contributed by atoms with van der Waals surface area (Å²) in [6.45, 7) is 2.08. The number of carbonyl (C=O) groups excluding carboxylic acids is 1. The zero-order chi connectivity index (χ0) is 58.2. The maximum absolute atomic E-state index is 11.2. The van der Waals surface area contributed by atoms with Gasteiger partial charge in [-0.05, 0) is 140 Å². The molecule has 0 aliphatic heterocycles. The van der Waals surface area contributed by atoms with E-state index >= 15 is 0 Å². The Bertz CT molecular complexity index is 3820. The van der Waals surface area contributed by atoms with Gasteiger partial charge in [-0.1, -0.05) is 65.8 Å². The highest BCUT2D eigenvalue weighted by molar-refractivity contribution is 8.00. The number of hydrogen-bond acceptors (Lipinski definition) is 16. The largest absolute Gasteiger partial charge is 0.417 e. The summed E-state index contributed by atoms with van der Waals surface area (Å²) in [4.78, 5) is 72.2. The van der Waals surface area contributed by atoms with Gasteiger partial charge >= 0.3 is 23.0 Å². The van der Waals surface area contributed by atoms with Gasteiger partial charge in [0.2, 0.25) is 0 Å². The highest BCUT2D eigenvalue weighted by Gasteiger charge is 2.22. The molecular weight excluding hydrogens is 1150 g/mol. The molecule has 0 amide bonds. The van der Waals surface area contributed by atoms with E-state index in [-0.39, 0.29) is 0 Å². The number of nitrogens with two attached hydrogens (primary N) is 1. The van der Waals surface area contributed by atoms with Gasteiger partial charge in [0.25, 0.3) is 0 Å². The van der Waals surface area contributed by atoms with E-state index < -0.39 is 23.0 Å². The van der Waals surface area contributed by atoms with Crippen molar-refractivity contribution in [3.05, 3.63) is 197 Å². The molecule has 83 heavy (non-hydrogen) atoms. The van der Waals surface area contributed by atoms with Crippen molar-refractivity contribution in [1.29, 1.82) is 0 Å². The van der Waals surface area contributed by atoms with E-state index in [1.807, 2.05) is 66.7 Å². The zero-order valence-electron chi connectivity index (χ0n) is 45.4. The number of Topliss-reactive ketones (excluding diaryl/α,β-unsaturated/α-hetero) is 1. The average molecular weight is 1220 g/mol. The maximum Gasteiger partial charge on any atom is 0.417 e. The number of alkyl halides is 1. The lowest BCUT2D eigenvalue weighted by Gasteiger charge is -2.29. The van der Waals surface area contributed by atoms with Crippen LogP contribution in [0.4, 0.5) is 0 Å². The summed E-state index contributed by atoms with van der Waals surface area (Å²) in [6.07, 6.45) is 8.70. The van der Waals surface area contributed by atoms with Crippen molar-refractivity contribution in [1.82, 2.24) is 25.3 Å². The summed E-state index contributed by atoms with van der Waals surface area (Å²) >= 11 is 12.2. The molecule has 4 heterocycles. The molecule has 0 saturated heterocycles. The van der Waals surface area contributed by atoms with Crippen LogP contribution in [0.5, 0.6) is 0 Å². The van der Waals surface area contributed by atoms with Crippen molar-refractivity contribution in [3.8, 4) is 0 Å². The minimum Gasteiger partial charge on any atom is -0.408 e. The number of rotatable bonds is 17. The van der Waals surface area contributed by atoms with Gasteiger partial charge in [-0.25, -0.2) is 19.2 Å². The van der Waals surface area contributed by atoms with Crippen molar-refractivity contribution < 1.29 is 22.5 Å². The van der Waals surface area contributed by atoms with E-state index in [4.69, 9.17) is 40.5 Å². The molecule has 0 radical (unpaired) electrons. The van der Waals surface area contributed by atoms with E-state index in [2.05, 4.69) is 89.9 Å². The standard InChI is InChI=1S/C21H24N2O2S.C12H14O.C9H8ClNO2S.C9H8N4O2S.C9H10N2O2S/c24-21-23-19-11-10-18(14-20(19)25-21)26-13-12-22-17-8-6-16(7-9-17)15-4-2-1-3-5-15;13-12-8-6-11(7-9-12)10-4-2-1-3-5-10;10-3-4-14-6-1-2-7-8(5-6)13-9(12)11-7;10-13-11-3-4-16-6-1-2-7-8(5-6)15-9(14)12-7;10-3-4-14-6-1-2-7-8(5-6)13-9(12)11-7/h1-5,10-11,14,16-17,22H,6-9,12-13H2,(H,23,24);1-5,11H,6-9H2;1-2,5H,3-4H2,(H,11,12);1-2,5H,3-4H2,(H,12,14);1-2,5H,3-4,10H2,(H,11,12). The molecule has 2 aliphatic carbocycles. The topological polar surface area (TPSA) is 288 Å². The molecule has 12 rings (SSSR count). The van der Waals surface area contributed by atoms with Crippen LogP contribution in [0.1, 0.15) is 74.3 Å². The number of hydrogen-bond donors (Lipinski definition) is 6. The number of aromatic nitrogens is 4. The molecule has 2 fully saturated rings. The number of aromatic amines is 4. The van der Waals surface area contributed by atoms with Gasteiger partial charge in [0.15, 0.2) is 22.3 Å². The first kappa shape index (κ1) is 62.0. The van der Waals surface area contributed by atoms with E-state index in [0.29, 0.717) is 70.3 Å². The van der Waals surface area contributed by atoms with Gasteiger partial charge in [-0.2, -0.15) is 0 Å². The lowest BCUT2D eigenvalue weighted by molar-refractivity contribution is -0.120. The van der Waals surface area contributed by atoms with Gasteiger partial charge in [0.05, 0.1) is 22.1 Å². The molecule has 7 N–H and O–H groups in total. The van der Waals surface area contributed by atoms with Crippen molar-refractivity contribution in [2.45, 2.75) is 88.8 Å². The molecule has 2 aliphatic rings. The molecule has 0 spiro atoms. The molecule has 0 bridgehead atoms. The molecule has 23 heteroatoms. The van der Waals surface area contributed by atoms with Crippen molar-refractivity contribution in [2.75, 3.05) is 48.5 Å². The Morgan fingerprint density at radius 1 is 0.518 bits per heavy atom. The first-order valence-corrected chi connectivity index (χ1v) is 31.6. The second-order valence-corrected chi connectivity index (χ2v) is 24.2. The Labute approximate surface area is 498 Å². The second-order valence-electron chi connectivity index (χ2n) is 19.2. The third kappa shape index (κ3) is 19.8. The fraction of sp³-hybridized carbons (Fsp3) is 0.317. The summed E-state index contributed by atoms with van der Waals surface area (Å²) in [6, 6.07) is 44.6. The van der Waals surface area contributed by atoms with Crippen molar-refractivity contribution >= 4 is 109 Å². The third-order valence-electron chi connectivity index (χ3n) is 13.4.